The number of aryl methyl sites for hydroxylation is 1. The third-order valence-corrected chi connectivity index (χ3v) is 5.30. The molecule has 1 N–H and O–H groups in total. The summed E-state index contributed by atoms with van der Waals surface area (Å²) in [6, 6.07) is 7.37. The van der Waals surface area contributed by atoms with E-state index in [0.29, 0.717) is 24.4 Å². The molecule has 1 atom stereocenters. The fourth-order valence-corrected chi connectivity index (χ4v) is 3.90. The summed E-state index contributed by atoms with van der Waals surface area (Å²) < 4.78 is 44.5. The minimum atomic E-state index is -4.31. The van der Waals surface area contributed by atoms with Crippen LogP contribution >= 0.6 is 0 Å². The number of ether oxygens (including phenoxy) is 1. The lowest BCUT2D eigenvalue weighted by atomic mass is 9.90. The Morgan fingerprint density at radius 2 is 2.07 bits per heavy atom. The molecule has 4 nitrogen and oxygen atoms in total. The van der Waals surface area contributed by atoms with E-state index in [4.69, 9.17) is 4.74 Å². The van der Waals surface area contributed by atoms with Crippen LogP contribution in [0.2, 0.25) is 0 Å². The zero-order valence-electron chi connectivity index (χ0n) is 15.9. The number of likely N-dealkylation sites (tertiary alicyclic amines) is 1. The third-order valence-electron chi connectivity index (χ3n) is 5.30. The minimum absolute atomic E-state index is 0.159. The van der Waals surface area contributed by atoms with Gasteiger partial charge < -0.3 is 9.72 Å². The molecule has 1 fully saturated rings. The predicted molar refractivity (Wildman–Crippen MR) is 101 cm³/mol. The second-order valence-electron chi connectivity index (χ2n) is 7.33. The van der Waals surface area contributed by atoms with Gasteiger partial charge in [-0.15, -0.1) is 0 Å². The van der Waals surface area contributed by atoms with Crippen molar-refractivity contribution in [2.24, 2.45) is 5.92 Å². The Morgan fingerprint density at radius 1 is 1.29 bits per heavy atom. The monoisotopic (exact) mass is 394 g/mol. The fourth-order valence-electron chi connectivity index (χ4n) is 3.90. The molecule has 2 heterocycles. The van der Waals surface area contributed by atoms with Gasteiger partial charge in [0.25, 0.3) is 0 Å². The Kier molecular flexibility index (Phi) is 6.44. The van der Waals surface area contributed by atoms with Crippen LogP contribution in [0.5, 0.6) is 5.75 Å². The van der Waals surface area contributed by atoms with Gasteiger partial charge in [-0.05, 0) is 49.8 Å². The van der Waals surface area contributed by atoms with E-state index in [1.54, 1.807) is 24.4 Å². The highest BCUT2D eigenvalue weighted by Gasteiger charge is 2.33. The van der Waals surface area contributed by atoms with Crippen molar-refractivity contribution < 1.29 is 17.9 Å². The number of benzene rings is 1. The molecule has 0 radical (unpaired) electrons. The number of H-pyrrole nitrogens is 1. The van der Waals surface area contributed by atoms with Crippen LogP contribution in [-0.4, -0.2) is 30.1 Å². The van der Waals surface area contributed by atoms with E-state index in [9.17, 15) is 18.0 Å². The predicted octanol–water partition coefficient (Wildman–Crippen LogP) is 4.25. The van der Waals surface area contributed by atoms with Crippen molar-refractivity contribution in [3.63, 3.8) is 0 Å². The van der Waals surface area contributed by atoms with Gasteiger partial charge in [-0.2, -0.15) is 13.2 Å². The van der Waals surface area contributed by atoms with Crippen LogP contribution in [-0.2, 0) is 19.1 Å². The van der Waals surface area contributed by atoms with Gasteiger partial charge in [0.15, 0.2) is 5.75 Å². The summed E-state index contributed by atoms with van der Waals surface area (Å²) in [6.45, 7) is 2.36. The molecule has 7 heteroatoms. The number of hydrogen-bond donors (Lipinski definition) is 1. The number of hydrogen-bond acceptors (Lipinski definition) is 3. The molecular weight excluding hydrogens is 369 g/mol. The number of methoxy groups -OCH3 is 1. The average Bonchev–Trinajstić information content (AvgIpc) is 2.66. The van der Waals surface area contributed by atoms with E-state index in [1.165, 1.54) is 13.2 Å². The number of aromatic nitrogens is 1. The molecule has 28 heavy (non-hydrogen) atoms. The molecular formula is C21H25F3N2O2. The number of aromatic amines is 1. The molecule has 2 aromatic rings. The van der Waals surface area contributed by atoms with E-state index < -0.39 is 11.7 Å². The number of halogens is 3. The van der Waals surface area contributed by atoms with Gasteiger partial charge in [-0.25, -0.2) is 0 Å². The van der Waals surface area contributed by atoms with Crippen LogP contribution in [0, 0.1) is 5.92 Å². The van der Waals surface area contributed by atoms with Crippen molar-refractivity contribution in [3.05, 3.63) is 63.6 Å². The van der Waals surface area contributed by atoms with E-state index in [0.717, 1.165) is 44.1 Å². The topological polar surface area (TPSA) is 45.3 Å². The van der Waals surface area contributed by atoms with Crippen molar-refractivity contribution in [2.75, 3.05) is 20.2 Å². The van der Waals surface area contributed by atoms with E-state index in [1.807, 2.05) is 0 Å². The molecule has 0 unspecified atom stereocenters. The molecule has 1 saturated heterocycles. The summed E-state index contributed by atoms with van der Waals surface area (Å²) in [5, 5.41) is 0. The van der Waals surface area contributed by atoms with Gasteiger partial charge in [0.2, 0.25) is 5.43 Å². The fraction of sp³-hybridized carbons (Fsp3) is 0.476. The molecule has 1 aromatic carbocycles. The van der Waals surface area contributed by atoms with Gasteiger partial charge in [0, 0.05) is 31.0 Å². The second-order valence-corrected chi connectivity index (χ2v) is 7.33. The van der Waals surface area contributed by atoms with Crippen LogP contribution < -0.4 is 10.2 Å². The smallest absolute Gasteiger partial charge is 0.416 e. The first kappa shape index (κ1) is 20.5. The molecule has 0 amide bonds. The molecule has 0 bridgehead atoms. The maximum Gasteiger partial charge on any atom is 0.416 e. The highest BCUT2D eigenvalue weighted by atomic mass is 19.4. The number of nitrogens with one attached hydrogen (secondary N) is 1. The largest absolute Gasteiger partial charge is 0.491 e. The molecule has 152 valence electrons. The quantitative estimate of drug-likeness (QED) is 0.797. The Balaban J connectivity index is 1.59. The van der Waals surface area contributed by atoms with Gasteiger partial charge in [0.1, 0.15) is 0 Å². The van der Waals surface area contributed by atoms with Crippen molar-refractivity contribution in [1.82, 2.24) is 9.88 Å². The van der Waals surface area contributed by atoms with Crippen LogP contribution in [0.4, 0.5) is 13.2 Å². The Morgan fingerprint density at radius 3 is 2.79 bits per heavy atom. The molecule has 1 aliphatic heterocycles. The molecule has 0 aliphatic carbocycles. The van der Waals surface area contributed by atoms with Crippen LogP contribution in [0.15, 0.2) is 41.3 Å². The Bertz CT molecular complexity index is 848. The van der Waals surface area contributed by atoms with Gasteiger partial charge in [-0.3, -0.25) is 9.69 Å². The molecule has 0 spiro atoms. The number of alkyl halides is 3. The first-order valence-corrected chi connectivity index (χ1v) is 9.50. The van der Waals surface area contributed by atoms with E-state index >= 15 is 0 Å². The number of rotatable bonds is 6. The summed E-state index contributed by atoms with van der Waals surface area (Å²) in [6.07, 6.45) is 0.425. The first-order valence-electron chi connectivity index (χ1n) is 9.50. The maximum atomic E-state index is 13.2. The summed E-state index contributed by atoms with van der Waals surface area (Å²) >= 11 is 0. The lowest BCUT2D eigenvalue weighted by Crippen LogP contribution is -2.35. The SMILES string of the molecule is COc1c[nH]c(CN2CCC[C@@H](CCc3ccccc3C(F)(F)F)C2)cc1=O. The van der Waals surface area contributed by atoms with E-state index in [2.05, 4.69) is 9.88 Å². The number of piperidine rings is 1. The normalized spacial score (nSPS) is 18.2. The Labute approximate surface area is 162 Å². The highest BCUT2D eigenvalue weighted by molar-refractivity contribution is 5.29. The molecule has 0 saturated carbocycles. The number of nitrogens with zero attached hydrogens (tertiary/aromatic N) is 1. The van der Waals surface area contributed by atoms with Crippen molar-refractivity contribution >= 4 is 0 Å². The lowest BCUT2D eigenvalue weighted by Gasteiger charge is -2.32. The molecule has 1 aliphatic rings. The summed E-state index contributed by atoms with van der Waals surface area (Å²) in [4.78, 5) is 17.2. The summed E-state index contributed by atoms with van der Waals surface area (Å²) in [7, 11) is 1.45. The summed E-state index contributed by atoms with van der Waals surface area (Å²) in [5.74, 6) is 0.628. The van der Waals surface area contributed by atoms with Crippen molar-refractivity contribution in [3.8, 4) is 5.75 Å². The maximum absolute atomic E-state index is 13.2. The highest BCUT2D eigenvalue weighted by Crippen LogP contribution is 2.33. The first-order chi connectivity index (χ1) is 13.4. The summed E-state index contributed by atoms with van der Waals surface area (Å²) in [5.41, 5.74) is 0.493. The van der Waals surface area contributed by atoms with Crippen LogP contribution in [0.25, 0.3) is 0 Å². The van der Waals surface area contributed by atoms with Gasteiger partial charge in [-0.1, -0.05) is 18.2 Å². The minimum Gasteiger partial charge on any atom is -0.491 e. The van der Waals surface area contributed by atoms with Crippen LogP contribution in [0.1, 0.15) is 36.1 Å². The lowest BCUT2D eigenvalue weighted by molar-refractivity contribution is -0.138. The zero-order valence-corrected chi connectivity index (χ0v) is 15.9. The van der Waals surface area contributed by atoms with E-state index in [-0.39, 0.29) is 11.2 Å². The third kappa shape index (κ3) is 5.16. The number of pyridine rings is 1. The van der Waals surface area contributed by atoms with Crippen LogP contribution in [0.3, 0.4) is 0 Å². The standard InChI is InChI=1S/C21H25F3N2O2/c1-28-20-12-25-17(11-19(20)27)14-26-10-4-5-15(13-26)8-9-16-6-2-3-7-18(16)21(22,23)24/h2-3,6-7,11-12,15H,4-5,8-10,13-14H2,1H3,(H,25,27)/t15-/m0/s1. The molecule has 3 rings (SSSR count). The zero-order chi connectivity index (χ0) is 20.1. The van der Waals surface area contributed by atoms with Gasteiger partial charge in [0.05, 0.1) is 12.7 Å². The van der Waals surface area contributed by atoms with Crippen molar-refractivity contribution in [1.29, 1.82) is 0 Å². The average molecular weight is 394 g/mol. The second kappa shape index (κ2) is 8.82. The Hall–Kier alpha value is -2.28. The molecule has 1 aromatic heterocycles. The van der Waals surface area contributed by atoms with Crippen molar-refractivity contribution in [2.45, 2.75) is 38.4 Å². The van der Waals surface area contributed by atoms with Gasteiger partial charge >= 0.3 is 6.18 Å².